The van der Waals surface area contributed by atoms with Gasteiger partial charge in [0.15, 0.2) is 17.3 Å². The third-order valence-electron chi connectivity index (χ3n) is 1.22. The minimum absolute atomic E-state index is 0.0156. The van der Waals surface area contributed by atoms with Crippen molar-refractivity contribution in [1.29, 1.82) is 5.41 Å². The minimum Gasteiger partial charge on any atom is -0.382 e. The average molecular weight is 182 g/mol. The SMILES string of the molecule is Cn1nc(N)c(/C(N)=N/C(=N)N)n1. The molecule has 0 amide bonds. The molecule has 0 aliphatic carbocycles. The maximum Gasteiger partial charge on any atom is 0.214 e. The van der Waals surface area contributed by atoms with E-state index in [1.807, 2.05) is 0 Å². The fourth-order valence-corrected chi connectivity index (χ4v) is 0.787. The largest absolute Gasteiger partial charge is 0.382 e. The van der Waals surface area contributed by atoms with Gasteiger partial charge in [-0.05, 0) is 0 Å². The lowest BCUT2D eigenvalue weighted by Gasteiger charge is -1.93. The first-order chi connectivity index (χ1) is 6.00. The van der Waals surface area contributed by atoms with Gasteiger partial charge in [0.1, 0.15) is 0 Å². The van der Waals surface area contributed by atoms with Gasteiger partial charge in [0.2, 0.25) is 5.96 Å². The standard InChI is InChI=1S/C5H10N8/c1-13-11-2(4(7)12-13)3(6)10-5(8)9/h1H3,(H2,7,12)(H5,6,8,9,10). The monoisotopic (exact) mass is 182 g/mol. The number of aryl methyl sites for hydroxylation is 1. The van der Waals surface area contributed by atoms with Gasteiger partial charge in [-0.2, -0.15) is 9.79 Å². The van der Waals surface area contributed by atoms with Crippen LogP contribution >= 0.6 is 0 Å². The Kier molecular flexibility index (Phi) is 2.13. The van der Waals surface area contributed by atoms with Crippen molar-refractivity contribution < 1.29 is 0 Å². The summed E-state index contributed by atoms with van der Waals surface area (Å²) in [6.07, 6.45) is 0. The number of aliphatic imine (C=N–C) groups is 1. The van der Waals surface area contributed by atoms with Gasteiger partial charge >= 0.3 is 0 Å². The molecule has 8 nitrogen and oxygen atoms in total. The molecule has 0 aliphatic rings. The first kappa shape index (κ1) is 8.97. The van der Waals surface area contributed by atoms with E-state index in [9.17, 15) is 0 Å². The zero-order chi connectivity index (χ0) is 10.0. The molecule has 0 unspecified atom stereocenters. The van der Waals surface area contributed by atoms with Crippen LogP contribution in [0, 0.1) is 5.41 Å². The highest BCUT2D eigenvalue weighted by Gasteiger charge is 2.10. The maximum absolute atomic E-state index is 6.87. The Morgan fingerprint density at radius 1 is 1.46 bits per heavy atom. The summed E-state index contributed by atoms with van der Waals surface area (Å²) in [5, 5.41) is 14.5. The number of amidine groups is 1. The molecule has 8 heteroatoms. The van der Waals surface area contributed by atoms with E-state index in [0.29, 0.717) is 0 Å². The number of rotatable bonds is 1. The van der Waals surface area contributed by atoms with Crippen LogP contribution in [0.3, 0.4) is 0 Å². The Bertz CT molecular complexity index is 361. The van der Waals surface area contributed by atoms with Gasteiger partial charge in [-0.25, -0.2) is 0 Å². The van der Waals surface area contributed by atoms with Crippen LogP contribution in [0.5, 0.6) is 0 Å². The molecule has 0 saturated heterocycles. The Hall–Kier alpha value is -2.12. The van der Waals surface area contributed by atoms with E-state index in [0.717, 1.165) is 0 Å². The summed E-state index contributed by atoms with van der Waals surface area (Å²) in [6.45, 7) is 0. The number of nitrogens with zero attached hydrogens (tertiary/aromatic N) is 4. The second kappa shape index (κ2) is 3.09. The summed E-state index contributed by atoms with van der Waals surface area (Å²) in [7, 11) is 1.60. The van der Waals surface area contributed by atoms with E-state index in [2.05, 4.69) is 15.2 Å². The lowest BCUT2D eigenvalue weighted by molar-refractivity contribution is 0.654. The summed E-state index contributed by atoms with van der Waals surface area (Å²) < 4.78 is 0. The van der Waals surface area contributed by atoms with Gasteiger partial charge in [0, 0.05) is 7.05 Å². The van der Waals surface area contributed by atoms with E-state index in [4.69, 9.17) is 22.6 Å². The second-order valence-corrected chi connectivity index (χ2v) is 2.31. The van der Waals surface area contributed by atoms with Gasteiger partial charge in [-0.1, -0.05) is 0 Å². The highest BCUT2D eigenvalue weighted by Crippen LogP contribution is 2.02. The zero-order valence-corrected chi connectivity index (χ0v) is 7.02. The number of guanidine groups is 1. The lowest BCUT2D eigenvalue weighted by Crippen LogP contribution is -2.20. The molecule has 70 valence electrons. The first-order valence-electron chi connectivity index (χ1n) is 3.36. The van der Waals surface area contributed by atoms with Crippen LogP contribution in [0.4, 0.5) is 5.82 Å². The molecule has 0 bridgehead atoms. The van der Waals surface area contributed by atoms with Crippen molar-refractivity contribution in [3.8, 4) is 0 Å². The van der Waals surface area contributed by atoms with Gasteiger partial charge in [-0.3, -0.25) is 5.41 Å². The van der Waals surface area contributed by atoms with E-state index in [1.165, 1.54) is 4.80 Å². The number of nitrogens with two attached hydrogens (primary N) is 3. The molecule has 1 rings (SSSR count). The summed E-state index contributed by atoms with van der Waals surface area (Å²) in [5.74, 6) is -0.259. The van der Waals surface area contributed by atoms with Gasteiger partial charge < -0.3 is 17.2 Å². The molecule has 0 radical (unpaired) electrons. The van der Waals surface area contributed by atoms with Gasteiger partial charge in [0.25, 0.3) is 0 Å². The maximum atomic E-state index is 6.87. The Balaban J connectivity index is 3.08. The van der Waals surface area contributed by atoms with Crippen molar-refractivity contribution in [2.75, 3.05) is 5.73 Å². The van der Waals surface area contributed by atoms with E-state index < -0.39 is 5.96 Å². The molecule has 1 heterocycles. The molecule has 13 heavy (non-hydrogen) atoms. The Labute approximate surface area is 73.9 Å². The third-order valence-corrected chi connectivity index (χ3v) is 1.22. The predicted molar refractivity (Wildman–Crippen MR) is 48.1 cm³/mol. The lowest BCUT2D eigenvalue weighted by atomic mass is 10.4. The molecule has 0 atom stereocenters. The number of hydrogen-bond donors (Lipinski definition) is 4. The average Bonchev–Trinajstić information content (AvgIpc) is 2.28. The quantitative estimate of drug-likeness (QED) is 0.293. The molecule has 0 aromatic carbocycles. The van der Waals surface area contributed by atoms with Crippen molar-refractivity contribution in [1.82, 2.24) is 15.0 Å². The van der Waals surface area contributed by atoms with Crippen LogP contribution in [-0.4, -0.2) is 26.8 Å². The Morgan fingerprint density at radius 2 is 2.08 bits per heavy atom. The molecule has 7 N–H and O–H groups in total. The Morgan fingerprint density at radius 3 is 2.46 bits per heavy atom. The van der Waals surface area contributed by atoms with Crippen molar-refractivity contribution >= 4 is 17.6 Å². The topological polar surface area (TPSA) is 145 Å². The first-order valence-corrected chi connectivity index (χ1v) is 3.36. The van der Waals surface area contributed by atoms with Crippen molar-refractivity contribution in [2.45, 2.75) is 0 Å². The molecule has 1 aromatic heterocycles. The number of nitrogens with one attached hydrogen (secondary N) is 1. The van der Waals surface area contributed by atoms with Crippen LogP contribution in [0.25, 0.3) is 0 Å². The van der Waals surface area contributed by atoms with Crippen LogP contribution in [-0.2, 0) is 7.05 Å². The molecular formula is C5H10N8. The summed E-state index contributed by atoms with van der Waals surface area (Å²) in [5.41, 5.74) is 16.1. The number of nitrogen functional groups attached to an aromatic ring is 1. The second-order valence-electron chi connectivity index (χ2n) is 2.31. The highest BCUT2D eigenvalue weighted by atomic mass is 15.5. The molecule has 0 aliphatic heterocycles. The number of anilines is 1. The molecule has 0 saturated carbocycles. The van der Waals surface area contributed by atoms with Gasteiger partial charge in [0.05, 0.1) is 0 Å². The minimum atomic E-state index is -0.400. The normalized spacial score (nSPS) is 11.6. The fourth-order valence-electron chi connectivity index (χ4n) is 0.787. The predicted octanol–water partition coefficient (Wildman–Crippen LogP) is -2.00. The van der Waals surface area contributed by atoms with E-state index in [-0.39, 0.29) is 17.3 Å². The molecule has 1 aromatic rings. The smallest absolute Gasteiger partial charge is 0.214 e. The van der Waals surface area contributed by atoms with Crippen molar-refractivity contribution in [2.24, 2.45) is 23.5 Å². The number of aromatic nitrogens is 3. The summed E-state index contributed by atoms with van der Waals surface area (Å²) in [6, 6.07) is 0. The van der Waals surface area contributed by atoms with Crippen molar-refractivity contribution in [3.63, 3.8) is 0 Å². The van der Waals surface area contributed by atoms with Crippen LogP contribution in [0.2, 0.25) is 0 Å². The molecular weight excluding hydrogens is 172 g/mol. The van der Waals surface area contributed by atoms with Gasteiger partial charge in [-0.15, -0.1) is 10.2 Å². The highest BCUT2D eigenvalue weighted by molar-refractivity contribution is 6.05. The number of hydrogen-bond acceptors (Lipinski definition) is 4. The summed E-state index contributed by atoms with van der Waals surface area (Å²) in [4.78, 5) is 4.74. The zero-order valence-electron chi connectivity index (χ0n) is 7.02. The van der Waals surface area contributed by atoms with E-state index in [1.54, 1.807) is 7.05 Å². The fraction of sp³-hybridized carbons (Fsp3) is 0.200. The van der Waals surface area contributed by atoms with E-state index >= 15 is 0 Å². The van der Waals surface area contributed by atoms with Crippen LogP contribution < -0.4 is 17.2 Å². The summed E-state index contributed by atoms with van der Waals surface area (Å²) >= 11 is 0. The third kappa shape index (κ3) is 1.92. The van der Waals surface area contributed by atoms with Crippen molar-refractivity contribution in [3.05, 3.63) is 5.69 Å². The van der Waals surface area contributed by atoms with Crippen LogP contribution in [0.15, 0.2) is 4.99 Å². The van der Waals surface area contributed by atoms with Crippen LogP contribution in [0.1, 0.15) is 5.69 Å². The molecule has 0 spiro atoms. The molecule has 0 fully saturated rings.